The van der Waals surface area contributed by atoms with E-state index >= 15 is 0 Å². The Kier molecular flexibility index (Phi) is 6.55. The maximum Gasteiger partial charge on any atom is 0.244 e. The number of hydrogen-bond acceptors (Lipinski definition) is 6. The molecular weight excluding hydrogens is 496 g/mol. The van der Waals surface area contributed by atoms with Crippen LogP contribution in [0, 0.1) is 13.8 Å². The lowest BCUT2D eigenvalue weighted by Crippen LogP contribution is -2.35. The summed E-state index contributed by atoms with van der Waals surface area (Å²) < 4.78 is 15.5. The summed E-state index contributed by atoms with van der Waals surface area (Å²) in [6.45, 7) is 5.74. The van der Waals surface area contributed by atoms with E-state index in [4.69, 9.17) is 9.47 Å². The van der Waals surface area contributed by atoms with Crippen molar-refractivity contribution in [3.05, 3.63) is 94.9 Å². The van der Waals surface area contributed by atoms with Crippen LogP contribution in [0.15, 0.2) is 72.2 Å². The zero-order chi connectivity index (χ0) is 26.1. The van der Waals surface area contributed by atoms with Crippen LogP contribution in [0.3, 0.4) is 0 Å². The van der Waals surface area contributed by atoms with Gasteiger partial charge in [0.15, 0.2) is 11.5 Å². The van der Waals surface area contributed by atoms with E-state index in [2.05, 4.69) is 45.8 Å². The Morgan fingerprint density at radius 2 is 1.97 bits per heavy atom. The van der Waals surface area contributed by atoms with Crippen molar-refractivity contribution < 1.29 is 14.3 Å². The molecule has 0 spiro atoms. The van der Waals surface area contributed by atoms with E-state index < -0.39 is 0 Å². The lowest BCUT2D eigenvalue weighted by atomic mass is 10.0. The lowest BCUT2D eigenvalue weighted by Gasteiger charge is -2.21. The van der Waals surface area contributed by atoms with Crippen LogP contribution in [0.5, 0.6) is 11.5 Å². The number of carbonyl (C=O) groups excluding carboxylic acids is 1. The predicted octanol–water partition coefficient (Wildman–Crippen LogP) is 5.78. The van der Waals surface area contributed by atoms with Crippen molar-refractivity contribution in [1.82, 2.24) is 19.7 Å². The quantitative estimate of drug-likeness (QED) is 0.282. The van der Waals surface area contributed by atoms with Crippen LogP contribution < -0.4 is 9.47 Å². The van der Waals surface area contributed by atoms with Crippen molar-refractivity contribution in [2.75, 3.05) is 13.2 Å². The van der Waals surface area contributed by atoms with Gasteiger partial charge in [0, 0.05) is 39.6 Å². The van der Waals surface area contributed by atoms with Crippen LogP contribution in [0.1, 0.15) is 22.6 Å². The molecule has 2 aromatic carbocycles. The number of hydrogen-bond donors (Lipinski definition) is 0. The largest absolute Gasteiger partial charge is 0.487 e. The van der Waals surface area contributed by atoms with E-state index in [1.54, 1.807) is 22.2 Å². The molecule has 0 bridgehead atoms. The summed E-state index contributed by atoms with van der Waals surface area (Å²) in [5.74, 6) is 1.35. The van der Waals surface area contributed by atoms with Crippen molar-refractivity contribution in [2.24, 2.45) is 0 Å². The Balaban J connectivity index is 1.36. The summed E-state index contributed by atoms with van der Waals surface area (Å²) in [6, 6.07) is 20.3. The first-order valence-corrected chi connectivity index (χ1v) is 13.5. The highest BCUT2D eigenvalue weighted by atomic mass is 32.1. The number of ether oxygens (including phenoxy) is 2. The fourth-order valence-corrected chi connectivity index (χ4v) is 5.83. The topological polar surface area (TPSA) is 69.5 Å². The fraction of sp³-hybridized carbons (Fsp3) is 0.233. The van der Waals surface area contributed by atoms with Gasteiger partial charge in [-0.1, -0.05) is 24.3 Å². The maximum atomic E-state index is 13.3. The summed E-state index contributed by atoms with van der Waals surface area (Å²) in [5, 5.41) is 7.84. The molecule has 4 heterocycles. The fourth-order valence-electron chi connectivity index (χ4n) is 4.86. The van der Waals surface area contributed by atoms with E-state index in [0.717, 1.165) is 33.8 Å². The SMILES string of the molecule is Cc1cc(C)n(CC(=O)N2CCOc3c(cc(-c4csc5ccccc45)cc3OCc3ccccn3)C2)n1. The zero-order valence-corrected chi connectivity index (χ0v) is 22.2. The number of thiophene rings is 1. The van der Waals surface area contributed by atoms with Gasteiger partial charge in [0.2, 0.25) is 5.91 Å². The van der Waals surface area contributed by atoms with Gasteiger partial charge in [0.25, 0.3) is 0 Å². The monoisotopic (exact) mass is 524 g/mol. The first-order valence-electron chi connectivity index (χ1n) is 12.6. The van der Waals surface area contributed by atoms with Crippen molar-refractivity contribution in [3.63, 3.8) is 0 Å². The Bertz CT molecular complexity index is 1610. The summed E-state index contributed by atoms with van der Waals surface area (Å²) in [4.78, 5) is 19.6. The molecule has 6 rings (SSSR count). The highest BCUT2D eigenvalue weighted by Crippen LogP contribution is 2.42. The third-order valence-electron chi connectivity index (χ3n) is 6.74. The lowest BCUT2D eigenvalue weighted by molar-refractivity contribution is -0.132. The number of aromatic nitrogens is 3. The second-order valence-corrected chi connectivity index (χ2v) is 10.4. The van der Waals surface area contributed by atoms with E-state index in [1.165, 1.54) is 10.1 Å². The zero-order valence-electron chi connectivity index (χ0n) is 21.4. The Hall–Kier alpha value is -4.17. The molecule has 0 aliphatic carbocycles. The minimum absolute atomic E-state index is 0.00925. The number of amides is 1. The third-order valence-corrected chi connectivity index (χ3v) is 7.70. The second-order valence-electron chi connectivity index (χ2n) is 9.47. The van der Waals surface area contributed by atoms with Gasteiger partial charge in [0.05, 0.1) is 17.9 Å². The van der Waals surface area contributed by atoms with E-state index in [9.17, 15) is 4.79 Å². The molecule has 3 aromatic heterocycles. The number of benzene rings is 2. The van der Waals surface area contributed by atoms with Crippen LogP contribution in [-0.2, 0) is 24.5 Å². The van der Waals surface area contributed by atoms with Crippen LogP contribution in [0.25, 0.3) is 21.2 Å². The molecule has 0 radical (unpaired) electrons. The van der Waals surface area contributed by atoms with Crippen molar-refractivity contribution in [3.8, 4) is 22.6 Å². The molecule has 1 aliphatic heterocycles. The van der Waals surface area contributed by atoms with Gasteiger partial charge in [-0.2, -0.15) is 5.10 Å². The Morgan fingerprint density at radius 3 is 2.79 bits per heavy atom. The van der Waals surface area contributed by atoms with Gasteiger partial charge >= 0.3 is 0 Å². The van der Waals surface area contributed by atoms with Crippen molar-refractivity contribution in [2.45, 2.75) is 33.5 Å². The highest BCUT2D eigenvalue weighted by molar-refractivity contribution is 7.17. The molecule has 5 aromatic rings. The molecule has 8 heteroatoms. The first-order chi connectivity index (χ1) is 18.5. The molecule has 0 saturated heterocycles. The minimum atomic E-state index is 0.00925. The molecule has 0 unspecified atom stereocenters. The van der Waals surface area contributed by atoms with Gasteiger partial charge in [-0.05, 0) is 61.2 Å². The number of carbonyl (C=O) groups is 1. The molecule has 1 amide bonds. The predicted molar refractivity (Wildman–Crippen MR) is 148 cm³/mol. The summed E-state index contributed by atoms with van der Waals surface area (Å²) in [5.41, 5.74) is 5.81. The highest BCUT2D eigenvalue weighted by Gasteiger charge is 2.25. The molecule has 0 atom stereocenters. The van der Waals surface area contributed by atoms with Gasteiger partial charge in [-0.15, -0.1) is 11.3 Å². The van der Waals surface area contributed by atoms with Gasteiger partial charge in [-0.3, -0.25) is 14.5 Å². The second kappa shape index (κ2) is 10.3. The van der Waals surface area contributed by atoms with Crippen LogP contribution in [0.2, 0.25) is 0 Å². The number of pyridine rings is 1. The van der Waals surface area contributed by atoms with Crippen molar-refractivity contribution in [1.29, 1.82) is 0 Å². The van der Waals surface area contributed by atoms with Gasteiger partial charge in [0.1, 0.15) is 19.8 Å². The summed E-state index contributed by atoms with van der Waals surface area (Å²) >= 11 is 1.72. The summed E-state index contributed by atoms with van der Waals surface area (Å²) in [7, 11) is 0. The Morgan fingerprint density at radius 1 is 1.11 bits per heavy atom. The third kappa shape index (κ3) is 4.87. The smallest absolute Gasteiger partial charge is 0.244 e. The standard InChI is InChI=1S/C30H28N4O3S/c1-20-13-21(2)34(32-20)17-29(35)33-11-12-36-30-23(16-33)14-22(26-19-38-28-9-4-3-8-25(26)28)15-27(30)37-18-24-7-5-6-10-31-24/h3-10,13-15,19H,11-12,16-18H2,1-2H3. The number of rotatable bonds is 6. The van der Waals surface area contributed by atoms with Crippen LogP contribution in [-0.4, -0.2) is 38.7 Å². The van der Waals surface area contributed by atoms with Crippen molar-refractivity contribution >= 4 is 27.3 Å². The molecule has 1 aliphatic rings. The molecular formula is C30H28N4O3S. The molecule has 0 saturated carbocycles. The molecule has 7 nitrogen and oxygen atoms in total. The maximum absolute atomic E-state index is 13.3. The van der Waals surface area contributed by atoms with Crippen LogP contribution >= 0.6 is 11.3 Å². The Labute approximate surface area is 225 Å². The first kappa shape index (κ1) is 24.2. The van der Waals surface area contributed by atoms with E-state index in [-0.39, 0.29) is 12.5 Å². The number of aryl methyl sites for hydroxylation is 2. The molecule has 0 fully saturated rings. The van der Waals surface area contributed by atoms with Gasteiger partial charge < -0.3 is 14.4 Å². The van der Waals surface area contributed by atoms with E-state index in [0.29, 0.717) is 37.8 Å². The normalized spacial score (nSPS) is 13.2. The van der Waals surface area contributed by atoms with Crippen LogP contribution in [0.4, 0.5) is 0 Å². The molecule has 192 valence electrons. The number of fused-ring (bicyclic) bond motifs is 2. The molecule has 38 heavy (non-hydrogen) atoms. The van der Waals surface area contributed by atoms with E-state index in [1.807, 2.05) is 49.1 Å². The van der Waals surface area contributed by atoms with Gasteiger partial charge in [-0.25, -0.2) is 0 Å². The average Bonchev–Trinajstić information content (AvgIpc) is 3.41. The molecule has 0 N–H and O–H groups in total. The minimum Gasteiger partial charge on any atom is -0.487 e. The average molecular weight is 525 g/mol. The summed E-state index contributed by atoms with van der Waals surface area (Å²) in [6.07, 6.45) is 1.76. The number of nitrogens with zero attached hydrogens (tertiary/aromatic N) is 4.